The normalized spacial score (nSPS) is 15.6. The van der Waals surface area contributed by atoms with Crippen LogP contribution in [0.25, 0.3) is 22.4 Å². The molecule has 0 saturated heterocycles. The third kappa shape index (κ3) is 1.84. The van der Waals surface area contributed by atoms with E-state index in [4.69, 9.17) is 0 Å². The molecule has 0 bridgehead atoms. The van der Waals surface area contributed by atoms with Gasteiger partial charge < -0.3 is 4.98 Å². The number of imidazole rings is 1. The van der Waals surface area contributed by atoms with Crippen molar-refractivity contribution in [2.24, 2.45) is 0 Å². The molecule has 0 amide bonds. The quantitative estimate of drug-likeness (QED) is 0.710. The third-order valence-corrected chi connectivity index (χ3v) is 4.15. The number of nitrogens with one attached hydrogen (secondary N) is 1. The SMILES string of the molecule is c1ccc2[nH]c(-c3ccc(C4CCC4)cc3)nc2c1. The van der Waals surface area contributed by atoms with Gasteiger partial charge in [-0.05, 0) is 36.5 Å². The number of nitrogens with zero attached hydrogens (tertiary/aromatic N) is 1. The summed E-state index contributed by atoms with van der Waals surface area (Å²) in [6, 6.07) is 17.0. The molecule has 94 valence electrons. The van der Waals surface area contributed by atoms with Crippen LogP contribution in [0, 0.1) is 0 Å². The molecule has 1 fully saturated rings. The van der Waals surface area contributed by atoms with Crippen LogP contribution < -0.4 is 0 Å². The van der Waals surface area contributed by atoms with Crippen molar-refractivity contribution in [1.82, 2.24) is 9.97 Å². The summed E-state index contributed by atoms with van der Waals surface area (Å²) in [5.41, 5.74) is 4.77. The van der Waals surface area contributed by atoms with Crippen molar-refractivity contribution < 1.29 is 0 Å². The highest BCUT2D eigenvalue weighted by atomic mass is 14.9. The van der Waals surface area contributed by atoms with E-state index in [1.54, 1.807) is 0 Å². The maximum Gasteiger partial charge on any atom is 0.138 e. The first-order valence-corrected chi connectivity index (χ1v) is 6.95. The smallest absolute Gasteiger partial charge is 0.138 e. The highest BCUT2D eigenvalue weighted by Crippen LogP contribution is 2.36. The first-order chi connectivity index (χ1) is 9.40. The van der Waals surface area contributed by atoms with E-state index in [-0.39, 0.29) is 0 Å². The molecular formula is C17H16N2. The van der Waals surface area contributed by atoms with Crippen LogP contribution in [0.15, 0.2) is 48.5 Å². The number of aromatic amines is 1. The Morgan fingerprint density at radius 3 is 2.42 bits per heavy atom. The van der Waals surface area contributed by atoms with Gasteiger partial charge in [0.15, 0.2) is 0 Å². The van der Waals surface area contributed by atoms with Crippen molar-refractivity contribution in [1.29, 1.82) is 0 Å². The van der Waals surface area contributed by atoms with Crippen LogP contribution in [-0.2, 0) is 0 Å². The lowest BCUT2D eigenvalue weighted by Gasteiger charge is -2.25. The first kappa shape index (κ1) is 10.8. The first-order valence-electron chi connectivity index (χ1n) is 6.95. The van der Waals surface area contributed by atoms with E-state index >= 15 is 0 Å². The third-order valence-electron chi connectivity index (χ3n) is 4.15. The van der Waals surface area contributed by atoms with Gasteiger partial charge in [0.1, 0.15) is 5.82 Å². The molecule has 1 heterocycles. The molecule has 0 aliphatic heterocycles. The van der Waals surface area contributed by atoms with E-state index in [0.717, 1.165) is 22.8 Å². The van der Waals surface area contributed by atoms with Crippen molar-refractivity contribution in [2.45, 2.75) is 25.2 Å². The number of aromatic nitrogens is 2. The van der Waals surface area contributed by atoms with Crippen LogP contribution in [0.4, 0.5) is 0 Å². The fourth-order valence-corrected chi connectivity index (χ4v) is 2.74. The lowest BCUT2D eigenvalue weighted by molar-refractivity contribution is 0.420. The Labute approximate surface area is 112 Å². The van der Waals surface area contributed by atoms with Crippen LogP contribution in [0.3, 0.4) is 0 Å². The average Bonchev–Trinajstić information content (AvgIpc) is 2.81. The van der Waals surface area contributed by atoms with E-state index in [9.17, 15) is 0 Å². The second-order valence-corrected chi connectivity index (χ2v) is 5.35. The Morgan fingerprint density at radius 2 is 1.74 bits per heavy atom. The van der Waals surface area contributed by atoms with Gasteiger partial charge in [-0.15, -0.1) is 0 Å². The Hall–Kier alpha value is -2.09. The van der Waals surface area contributed by atoms with Crippen molar-refractivity contribution in [3.05, 3.63) is 54.1 Å². The Balaban J connectivity index is 1.70. The molecule has 0 spiro atoms. The van der Waals surface area contributed by atoms with E-state index in [2.05, 4.69) is 40.3 Å². The number of benzene rings is 2. The number of hydrogen-bond donors (Lipinski definition) is 1. The predicted molar refractivity (Wildman–Crippen MR) is 78.1 cm³/mol. The molecule has 1 aromatic heterocycles. The van der Waals surface area contributed by atoms with Gasteiger partial charge in [-0.25, -0.2) is 4.98 Å². The summed E-state index contributed by atoms with van der Waals surface area (Å²) >= 11 is 0. The van der Waals surface area contributed by atoms with E-state index in [1.807, 2.05) is 18.2 Å². The minimum atomic E-state index is 0.796. The van der Waals surface area contributed by atoms with Crippen molar-refractivity contribution >= 4 is 11.0 Å². The molecule has 1 aliphatic rings. The molecule has 2 aromatic carbocycles. The van der Waals surface area contributed by atoms with Gasteiger partial charge >= 0.3 is 0 Å². The Bertz CT molecular complexity index is 672. The van der Waals surface area contributed by atoms with Crippen LogP contribution in [0.1, 0.15) is 30.7 Å². The van der Waals surface area contributed by atoms with Crippen LogP contribution in [-0.4, -0.2) is 9.97 Å². The number of rotatable bonds is 2. The van der Waals surface area contributed by atoms with E-state index < -0.39 is 0 Å². The van der Waals surface area contributed by atoms with Gasteiger partial charge in [-0.2, -0.15) is 0 Å². The van der Waals surface area contributed by atoms with Crippen molar-refractivity contribution in [3.8, 4) is 11.4 Å². The van der Waals surface area contributed by atoms with Gasteiger partial charge in [0, 0.05) is 5.56 Å². The second-order valence-electron chi connectivity index (χ2n) is 5.35. The molecule has 0 unspecified atom stereocenters. The zero-order chi connectivity index (χ0) is 12.7. The number of H-pyrrole nitrogens is 1. The topological polar surface area (TPSA) is 28.7 Å². The summed E-state index contributed by atoms with van der Waals surface area (Å²) in [6.45, 7) is 0. The van der Waals surface area contributed by atoms with Crippen LogP contribution in [0.2, 0.25) is 0 Å². The fourth-order valence-electron chi connectivity index (χ4n) is 2.74. The molecule has 19 heavy (non-hydrogen) atoms. The highest BCUT2D eigenvalue weighted by molar-refractivity contribution is 5.79. The maximum atomic E-state index is 4.64. The molecule has 2 nitrogen and oxygen atoms in total. The second kappa shape index (κ2) is 4.23. The van der Waals surface area contributed by atoms with Crippen molar-refractivity contribution in [2.75, 3.05) is 0 Å². The van der Waals surface area contributed by atoms with Gasteiger partial charge in [-0.3, -0.25) is 0 Å². The lowest BCUT2D eigenvalue weighted by atomic mass is 9.80. The zero-order valence-electron chi connectivity index (χ0n) is 10.8. The molecule has 0 radical (unpaired) electrons. The van der Waals surface area contributed by atoms with E-state index in [0.29, 0.717) is 0 Å². The summed E-state index contributed by atoms with van der Waals surface area (Å²) in [4.78, 5) is 8.01. The lowest BCUT2D eigenvalue weighted by Crippen LogP contribution is -2.08. The summed E-state index contributed by atoms with van der Waals surface area (Å²) in [5.74, 6) is 1.76. The highest BCUT2D eigenvalue weighted by Gasteiger charge is 2.19. The van der Waals surface area contributed by atoms with Gasteiger partial charge in [0.2, 0.25) is 0 Å². The number of fused-ring (bicyclic) bond motifs is 1. The zero-order valence-corrected chi connectivity index (χ0v) is 10.8. The molecular weight excluding hydrogens is 232 g/mol. The summed E-state index contributed by atoms with van der Waals surface area (Å²) in [5, 5.41) is 0. The Kier molecular flexibility index (Phi) is 2.41. The average molecular weight is 248 g/mol. The largest absolute Gasteiger partial charge is 0.338 e. The summed E-state index contributed by atoms with van der Waals surface area (Å²) < 4.78 is 0. The standard InChI is InChI=1S/C17H16N2/c1-2-7-16-15(6-1)18-17(19-16)14-10-8-13(9-11-14)12-4-3-5-12/h1-2,6-12H,3-5H2,(H,18,19). The molecule has 1 N–H and O–H groups in total. The van der Waals surface area contributed by atoms with Crippen LogP contribution >= 0.6 is 0 Å². The van der Waals surface area contributed by atoms with E-state index in [1.165, 1.54) is 30.4 Å². The minimum Gasteiger partial charge on any atom is -0.338 e. The molecule has 2 heteroatoms. The summed E-state index contributed by atoms with van der Waals surface area (Å²) in [7, 11) is 0. The molecule has 1 saturated carbocycles. The number of hydrogen-bond acceptors (Lipinski definition) is 1. The Morgan fingerprint density at radius 1 is 0.947 bits per heavy atom. The fraction of sp³-hybridized carbons (Fsp3) is 0.235. The molecule has 3 aromatic rings. The van der Waals surface area contributed by atoms with Crippen LogP contribution in [0.5, 0.6) is 0 Å². The predicted octanol–water partition coefficient (Wildman–Crippen LogP) is 4.50. The van der Waals surface area contributed by atoms with Gasteiger partial charge in [-0.1, -0.05) is 42.8 Å². The molecule has 4 rings (SSSR count). The van der Waals surface area contributed by atoms with Gasteiger partial charge in [0.25, 0.3) is 0 Å². The molecule has 1 aliphatic carbocycles. The van der Waals surface area contributed by atoms with Gasteiger partial charge in [0.05, 0.1) is 11.0 Å². The molecule has 0 atom stereocenters. The monoisotopic (exact) mass is 248 g/mol. The minimum absolute atomic E-state index is 0.796. The number of para-hydroxylation sites is 2. The summed E-state index contributed by atoms with van der Waals surface area (Å²) in [6.07, 6.45) is 4.09. The maximum absolute atomic E-state index is 4.64. The van der Waals surface area contributed by atoms with Crippen molar-refractivity contribution in [3.63, 3.8) is 0 Å².